The van der Waals surface area contributed by atoms with Crippen LogP contribution in [-0.2, 0) is 13.1 Å². The third kappa shape index (κ3) is 5.00. The lowest BCUT2D eigenvalue weighted by Gasteiger charge is -2.36. The Morgan fingerprint density at radius 2 is 1.52 bits per heavy atom. The van der Waals surface area contributed by atoms with Gasteiger partial charge in [0.05, 0.1) is 6.10 Å². The second kappa shape index (κ2) is 7.93. The Kier molecular flexibility index (Phi) is 5.66. The van der Waals surface area contributed by atoms with Crippen LogP contribution in [0.2, 0.25) is 0 Å². The summed E-state index contributed by atoms with van der Waals surface area (Å²) < 4.78 is 27.1. The van der Waals surface area contributed by atoms with Gasteiger partial charge < -0.3 is 10.2 Å². The molecule has 134 valence electrons. The molecule has 0 bridgehead atoms. The Labute approximate surface area is 146 Å². The predicted octanol–water partition coefficient (Wildman–Crippen LogP) is 3.98. The average molecular weight is 347 g/mol. The van der Waals surface area contributed by atoms with Gasteiger partial charge >= 0.3 is 0 Å². The first-order chi connectivity index (χ1) is 12.0. The lowest BCUT2D eigenvalue weighted by molar-refractivity contribution is 0.0665. The van der Waals surface area contributed by atoms with E-state index in [-0.39, 0.29) is 17.9 Å². The van der Waals surface area contributed by atoms with Crippen molar-refractivity contribution in [2.75, 3.05) is 0 Å². The van der Waals surface area contributed by atoms with Crippen LogP contribution < -0.4 is 0 Å². The van der Waals surface area contributed by atoms with Gasteiger partial charge in [0.1, 0.15) is 17.4 Å². The third-order valence-corrected chi connectivity index (χ3v) is 4.79. The van der Waals surface area contributed by atoms with Crippen molar-refractivity contribution in [1.82, 2.24) is 4.90 Å². The van der Waals surface area contributed by atoms with Gasteiger partial charge in [-0.2, -0.15) is 0 Å². The first kappa shape index (κ1) is 17.8. The Morgan fingerprint density at radius 3 is 2.16 bits per heavy atom. The third-order valence-electron chi connectivity index (χ3n) is 4.79. The molecule has 0 aromatic heterocycles. The van der Waals surface area contributed by atoms with Gasteiger partial charge in [0.2, 0.25) is 0 Å². The average Bonchev–Trinajstić information content (AvgIpc) is 2.54. The summed E-state index contributed by atoms with van der Waals surface area (Å²) in [7, 11) is 0. The molecule has 0 unspecified atom stereocenters. The summed E-state index contributed by atoms with van der Waals surface area (Å²) >= 11 is 0. The zero-order valence-corrected chi connectivity index (χ0v) is 14.0. The van der Waals surface area contributed by atoms with Gasteiger partial charge in [-0.05, 0) is 61.1 Å². The molecule has 0 heterocycles. The van der Waals surface area contributed by atoms with Crippen molar-refractivity contribution < 1.29 is 19.0 Å². The van der Waals surface area contributed by atoms with Crippen LogP contribution in [0.3, 0.4) is 0 Å². The van der Waals surface area contributed by atoms with E-state index in [1.54, 1.807) is 18.2 Å². The molecule has 3 nitrogen and oxygen atoms in total. The van der Waals surface area contributed by atoms with E-state index in [4.69, 9.17) is 0 Å². The smallest absolute Gasteiger partial charge is 0.126 e. The standard InChI is InChI=1S/C20H23F2NO2/c21-16-8-15(9-17(22)11-16)13-23(18-4-6-19(24)7-5-18)12-14-2-1-3-20(25)10-14/h1-3,8-11,18-19,24-25H,4-7,12-13H2. The molecule has 1 aliphatic carbocycles. The SMILES string of the molecule is Oc1cccc(CN(Cc2cc(F)cc(F)c2)C2CCC(O)CC2)c1. The van der Waals surface area contributed by atoms with Gasteiger partial charge in [-0.1, -0.05) is 12.1 Å². The van der Waals surface area contributed by atoms with E-state index in [2.05, 4.69) is 4.90 Å². The second-order valence-corrected chi connectivity index (χ2v) is 6.81. The molecule has 0 spiro atoms. The normalized spacial score (nSPS) is 20.8. The van der Waals surface area contributed by atoms with E-state index in [0.29, 0.717) is 18.7 Å². The highest BCUT2D eigenvalue weighted by Crippen LogP contribution is 2.27. The highest BCUT2D eigenvalue weighted by atomic mass is 19.1. The fourth-order valence-corrected chi connectivity index (χ4v) is 3.56. The maximum absolute atomic E-state index is 13.5. The minimum atomic E-state index is -0.577. The number of rotatable bonds is 5. The lowest BCUT2D eigenvalue weighted by Crippen LogP contribution is -2.38. The van der Waals surface area contributed by atoms with Crippen molar-refractivity contribution in [3.8, 4) is 5.75 Å². The van der Waals surface area contributed by atoms with Crippen molar-refractivity contribution >= 4 is 0 Å². The number of aliphatic hydroxyl groups is 1. The van der Waals surface area contributed by atoms with Gasteiger partial charge in [0.15, 0.2) is 0 Å². The number of halogens is 2. The van der Waals surface area contributed by atoms with Crippen LogP contribution in [0.4, 0.5) is 8.78 Å². The Balaban J connectivity index is 1.80. The first-order valence-corrected chi connectivity index (χ1v) is 8.64. The minimum Gasteiger partial charge on any atom is -0.508 e. The summed E-state index contributed by atoms with van der Waals surface area (Å²) in [5, 5.41) is 19.4. The number of nitrogens with zero attached hydrogens (tertiary/aromatic N) is 1. The molecule has 5 heteroatoms. The van der Waals surface area contributed by atoms with Crippen LogP contribution >= 0.6 is 0 Å². The van der Waals surface area contributed by atoms with Gasteiger partial charge in [0, 0.05) is 25.2 Å². The van der Waals surface area contributed by atoms with Gasteiger partial charge in [0.25, 0.3) is 0 Å². The van der Waals surface area contributed by atoms with Crippen LogP contribution in [0.25, 0.3) is 0 Å². The first-order valence-electron chi connectivity index (χ1n) is 8.64. The van der Waals surface area contributed by atoms with Gasteiger partial charge in [-0.3, -0.25) is 4.90 Å². The zero-order chi connectivity index (χ0) is 17.8. The zero-order valence-electron chi connectivity index (χ0n) is 14.0. The largest absolute Gasteiger partial charge is 0.508 e. The molecule has 0 saturated heterocycles. The topological polar surface area (TPSA) is 43.7 Å². The number of aromatic hydroxyl groups is 1. The molecule has 0 aliphatic heterocycles. The Bertz CT molecular complexity index is 694. The van der Waals surface area contributed by atoms with Crippen LogP contribution in [0.5, 0.6) is 5.75 Å². The molecular formula is C20H23F2NO2. The highest BCUT2D eigenvalue weighted by Gasteiger charge is 2.25. The summed E-state index contributed by atoms with van der Waals surface area (Å²) in [5.41, 5.74) is 1.53. The summed E-state index contributed by atoms with van der Waals surface area (Å²) in [6.45, 7) is 0.998. The van der Waals surface area contributed by atoms with Gasteiger partial charge in [-0.25, -0.2) is 8.78 Å². The Hall–Kier alpha value is -1.98. The molecule has 1 aliphatic rings. The number of phenols is 1. The second-order valence-electron chi connectivity index (χ2n) is 6.81. The monoisotopic (exact) mass is 347 g/mol. The molecule has 0 amide bonds. The van der Waals surface area contributed by atoms with Crippen molar-refractivity contribution in [1.29, 1.82) is 0 Å². The fourth-order valence-electron chi connectivity index (χ4n) is 3.56. The predicted molar refractivity (Wildman–Crippen MR) is 92.0 cm³/mol. The molecule has 0 radical (unpaired) electrons. The van der Waals surface area contributed by atoms with Crippen LogP contribution in [-0.4, -0.2) is 27.3 Å². The molecule has 2 N–H and O–H groups in total. The number of phenolic OH excluding ortho intramolecular Hbond substituents is 1. The lowest BCUT2D eigenvalue weighted by atomic mass is 9.91. The molecule has 3 rings (SSSR count). The molecule has 0 atom stereocenters. The number of aliphatic hydroxyl groups excluding tert-OH is 1. The number of hydrogen-bond acceptors (Lipinski definition) is 3. The summed E-state index contributed by atoms with van der Waals surface area (Å²) in [4.78, 5) is 2.18. The maximum Gasteiger partial charge on any atom is 0.126 e. The van der Waals surface area contributed by atoms with E-state index in [0.717, 1.165) is 37.3 Å². The van der Waals surface area contributed by atoms with Crippen LogP contribution in [0, 0.1) is 11.6 Å². The summed E-state index contributed by atoms with van der Waals surface area (Å²) in [6.07, 6.45) is 2.90. The van der Waals surface area contributed by atoms with Crippen molar-refractivity contribution in [2.24, 2.45) is 0 Å². The van der Waals surface area contributed by atoms with Crippen molar-refractivity contribution in [2.45, 2.75) is 50.9 Å². The molecular weight excluding hydrogens is 324 g/mol. The maximum atomic E-state index is 13.5. The van der Waals surface area contributed by atoms with Gasteiger partial charge in [-0.15, -0.1) is 0 Å². The van der Waals surface area contributed by atoms with E-state index in [9.17, 15) is 19.0 Å². The highest BCUT2D eigenvalue weighted by molar-refractivity contribution is 5.27. The van der Waals surface area contributed by atoms with E-state index < -0.39 is 11.6 Å². The van der Waals surface area contributed by atoms with Crippen molar-refractivity contribution in [3.63, 3.8) is 0 Å². The van der Waals surface area contributed by atoms with E-state index in [1.165, 1.54) is 12.1 Å². The fraction of sp³-hybridized carbons (Fsp3) is 0.400. The van der Waals surface area contributed by atoms with Crippen molar-refractivity contribution in [3.05, 3.63) is 65.2 Å². The van der Waals surface area contributed by atoms with Crippen LogP contribution in [0.1, 0.15) is 36.8 Å². The molecule has 25 heavy (non-hydrogen) atoms. The summed E-state index contributed by atoms with van der Waals surface area (Å²) in [6, 6.07) is 10.9. The number of hydrogen-bond donors (Lipinski definition) is 2. The molecule has 1 fully saturated rings. The molecule has 2 aromatic carbocycles. The summed E-state index contributed by atoms with van der Waals surface area (Å²) in [5.74, 6) is -0.953. The van der Waals surface area contributed by atoms with E-state index in [1.807, 2.05) is 6.07 Å². The number of benzene rings is 2. The van der Waals surface area contributed by atoms with E-state index >= 15 is 0 Å². The van der Waals surface area contributed by atoms with Crippen LogP contribution in [0.15, 0.2) is 42.5 Å². The minimum absolute atomic E-state index is 0.202. The molecule has 1 saturated carbocycles. The quantitative estimate of drug-likeness (QED) is 0.860. The Morgan fingerprint density at radius 1 is 0.880 bits per heavy atom. The molecule has 2 aromatic rings.